The van der Waals surface area contributed by atoms with Crippen LogP contribution in [0.2, 0.25) is 0 Å². The molecule has 1 atom stereocenters. The Morgan fingerprint density at radius 3 is 2.58 bits per heavy atom. The van der Waals surface area contributed by atoms with Gasteiger partial charge in [-0.3, -0.25) is 4.79 Å². The van der Waals surface area contributed by atoms with Crippen molar-refractivity contribution >= 4 is 39.5 Å². The number of rotatable bonds is 8. The molecule has 0 saturated carbocycles. The SMILES string of the molecule is [N-]=[N+]=NC(CCC(=O)SCCc1ccccc1I)c1ccccc1. The Morgan fingerprint density at radius 2 is 1.88 bits per heavy atom. The molecule has 0 radical (unpaired) electrons. The smallest absolute Gasteiger partial charge is 0.188 e. The molecule has 2 aromatic rings. The lowest BCUT2D eigenvalue weighted by atomic mass is 10.0. The predicted molar refractivity (Wildman–Crippen MR) is 108 cm³/mol. The van der Waals surface area contributed by atoms with Crippen LogP contribution in [0.5, 0.6) is 0 Å². The third-order valence-electron chi connectivity index (χ3n) is 3.59. The molecule has 4 nitrogen and oxygen atoms in total. The van der Waals surface area contributed by atoms with E-state index in [9.17, 15) is 4.79 Å². The molecule has 0 bridgehead atoms. The van der Waals surface area contributed by atoms with Crippen LogP contribution in [0.3, 0.4) is 0 Å². The van der Waals surface area contributed by atoms with E-state index in [1.165, 1.54) is 20.9 Å². The zero-order chi connectivity index (χ0) is 17.2. The minimum atomic E-state index is -0.282. The second-order valence-corrected chi connectivity index (χ2v) is 7.55. The van der Waals surface area contributed by atoms with E-state index in [2.05, 4.69) is 44.7 Å². The first-order valence-electron chi connectivity index (χ1n) is 7.69. The number of thioether (sulfide) groups is 1. The molecule has 2 rings (SSSR count). The molecule has 0 aliphatic rings. The molecule has 6 heteroatoms. The van der Waals surface area contributed by atoms with Gasteiger partial charge < -0.3 is 0 Å². The fourth-order valence-corrected chi connectivity index (χ4v) is 3.80. The molecule has 0 spiro atoms. The molecule has 0 aliphatic heterocycles. The molecule has 0 saturated heterocycles. The second-order valence-electron chi connectivity index (χ2n) is 5.23. The van der Waals surface area contributed by atoms with Crippen LogP contribution in [-0.2, 0) is 11.2 Å². The molecule has 0 fully saturated rings. The maximum Gasteiger partial charge on any atom is 0.188 e. The summed E-state index contributed by atoms with van der Waals surface area (Å²) >= 11 is 3.68. The van der Waals surface area contributed by atoms with E-state index in [1.54, 1.807) is 0 Å². The van der Waals surface area contributed by atoms with Gasteiger partial charge in [0.2, 0.25) is 0 Å². The molecule has 124 valence electrons. The zero-order valence-electron chi connectivity index (χ0n) is 13.1. The third kappa shape index (κ3) is 6.19. The van der Waals surface area contributed by atoms with Crippen molar-refractivity contribution in [2.45, 2.75) is 25.3 Å². The summed E-state index contributed by atoms with van der Waals surface area (Å²) in [4.78, 5) is 15.0. The molecule has 0 amide bonds. The number of hydrogen-bond donors (Lipinski definition) is 0. The Morgan fingerprint density at radius 1 is 1.17 bits per heavy atom. The van der Waals surface area contributed by atoms with E-state index >= 15 is 0 Å². The molecule has 0 aromatic heterocycles. The quantitative estimate of drug-likeness (QED) is 0.216. The van der Waals surface area contributed by atoms with E-state index in [1.807, 2.05) is 42.5 Å². The standard InChI is InChI=1S/C18H18IN3OS/c19-16-9-5-4-6-14(16)12-13-24-18(23)11-10-17(21-22-20)15-7-2-1-3-8-15/h1-9,17H,10-13H2. The lowest BCUT2D eigenvalue weighted by Gasteiger charge is -2.10. The molecule has 0 N–H and O–H groups in total. The fourth-order valence-electron chi connectivity index (χ4n) is 2.33. The monoisotopic (exact) mass is 451 g/mol. The Labute approximate surface area is 159 Å². The number of hydrogen-bond acceptors (Lipinski definition) is 3. The topological polar surface area (TPSA) is 65.8 Å². The van der Waals surface area contributed by atoms with E-state index in [4.69, 9.17) is 5.53 Å². The molecule has 24 heavy (non-hydrogen) atoms. The van der Waals surface area contributed by atoms with Crippen LogP contribution in [0.25, 0.3) is 10.4 Å². The summed E-state index contributed by atoms with van der Waals surface area (Å²) in [5.41, 5.74) is 10.9. The van der Waals surface area contributed by atoms with Crippen molar-refractivity contribution in [2.24, 2.45) is 5.11 Å². The number of carbonyl (C=O) groups excluding carboxylic acids is 1. The summed E-state index contributed by atoms with van der Waals surface area (Å²) in [7, 11) is 0. The van der Waals surface area contributed by atoms with E-state index in [0.29, 0.717) is 12.8 Å². The van der Waals surface area contributed by atoms with E-state index in [0.717, 1.165) is 17.7 Å². The van der Waals surface area contributed by atoms with Crippen LogP contribution in [-0.4, -0.2) is 10.9 Å². The predicted octanol–water partition coefficient (Wildman–Crippen LogP) is 5.93. The summed E-state index contributed by atoms with van der Waals surface area (Å²) < 4.78 is 1.23. The van der Waals surface area contributed by atoms with Crippen molar-refractivity contribution < 1.29 is 4.79 Å². The highest BCUT2D eigenvalue weighted by molar-refractivity contribution is 14.1. The van der Waals surface area contributed by atoms with Gasteiger partial charge in [-0.2, -0.15) is 0 Å². The van der Waals surface area contributed by atoms with Gasteiger partial charge in [0.15, 0.2) is 5.12 Å². The first-order chi connectivity index (χ1) is 11.7. The Balaban J connectivity index is 1.79. The summed E-state index contributed by atoms with van der Waals surface area (Å²) in [6.07, 6.45) is 1.84. The summed E-state index contributed by atoms with van der Waals surface area (Å²) in [6, 6.07) is 17.5. The van der Waals surface area contributed by atoms with Gasteiger partial charge in [0.1, 0.15) is 0 Å². The number of halogens is 1. The Bertz CT molecular complexity index is 717. The average Bonchev–Trinajstić information content (AvgIpc) is 2.61. The van der Waals surface area contributed by atoms with Gasteiger partial charge in [-0.1, -0.05) is 65.4 Å². The van der Waals surface area contributed by atoms with Crippen molar-refractivity contribution in [3.8, 4) is 0 Å². The summed E-state index contributed by atoms with van der Waals surface area (Å²) in [5.74, 6) is 0.774. The van der Waals surface area contributed by atoms with E-state index < -0.39 is 0 Å². The third-order valence-corrected chi connectivity index (χ3v) is 5.58. The van der Waals surface area contributed by atoms with Crippen LogP contribution >= 0.6 is 34.4 Å². The molecule has 0 aliphatic carbocycles. The first kappa shape index (κ1) is 18.8. The fraction of sp³-hybridized carbons (Fsp3) is 0.278. The highest BCUT2D eigenvalue weighted by atomic mass is 127. The van der Waals surface area contributed by atoms with Crippen LogP contribution in [0.1, 0.15) is 30.0 Å². The lowest BCUT2D eigenvalue weighted by Crippen LogP contribution is -2.01. The van der Waals surface area contributed by atoms with Crippen molar-refractivity contribution in [3.63, 3.8) is 0 Å². The van der Waals surface area contributed by atoms with Gasteiger partial charge in [-0.15, -0.1) is 0 Å². The molecular formula is C18H18IN3OS. The van der Waals surface area contributed by atoms with Crippen LogP contribution in [0.15, 0.2) is 59.7 Å². The number of carbonyl (C=O) groups is 1. The average molecular weight is 451 g/mol. The van der Waals surface area contributed by atoms with Gasteiger partial charge in [0.05, 0.1) is 6.04 Å². The minimum absolute atomic E-state index is 0.148. The molecule has 2 aromatic carbocycles. The zero-order valence-corrected chi connectivity index (χ0v) is 16.1. The highest BCUT2D eigenvalue weighted by Crippen LogP contribution is 2.24. The van der Waals surface area contributed by atoms with Crippen LogP contribution in [0.4, 0.5) is 0 Å². The Hall–Kier alpha value is -1.50. The number of azide groups is 1. The van der Waals surface area contributed by atoms with E-state index in [-0.39, 0.29) is 11.2 Å². The summed E-state index contributed by atoms with van der Waals surface area (Å²) in [6.45, 7) is 0. The normalized spacial score (nSPS) is 11.5. The van der Waals surface area contributed by atoms with Gasteiger partial charge in [-0.05, 0) is 58.2 Å². The minimum Gasteiger partial charge on any atom is -0.287 e. The summed E-state index contributed by atoms with van der Waals surface area (Å²) in [5, 5.41) is 3.97. The maximum absolute atomic E-state index is 12.1. The number of benzene rings is 2. The van der Waals surface area contributed by atoms with Gasteiger partial charge in [0.25, 0.3) is 0 Å². The maximum atomic E-state index is 12.1. The molecular weight excluding hydrogens is 433 g/mol. The molecule has 1 unspecified atom stereocenters. The van der Waals surface area contributed by atoms with Gasteiger partial charge in [-0.25, -0.2) is 0 Å². The van der Waals surface area contributed by atoms with Crippen LogP contribution in [0, 0.1) is 3.57 Å². The first-order valence-corrected chi connectivity index (χ1v) is 9.75. The van der Waals surface area contributed by atoms with Crippen molar-refractivity contribution in [1.29, 1.82) is 0 Å². The molecule has 0 heterocycles. The number of nitrogens with zero attached hydrogens (tertiary/aromatic N) is 3. The van der Waals surface area contributed by atoms with Crippen LogP contribution < -0.4 is 0 Å². The Kier molecular flexibility index (Phi) is 8.15. The van der Waals surface area contributed by atoms with Crippen molar-refractivity contribution in [1.82, 2.24) is 0 Å². The lowest BCUT2D eigenvalue weighted by molar-refractivity contribution is -0.111. The second kappa shape index (κ2) is 10.4. The van der Waals surface area contributed by atoms with Gasteiger partial charge >= 0.3 is 0 Å². The van der Waals surface area contributed by atoms with Crippen molar-refractivity contribution in [2.75, 3.05) is 5.75 Å². The largest absolute Gasteiger partial charge is 0.287 e. The highest BCUT2D eigenvalue weighted by Gasteiger charge is 2.12. The van der Waals surface area contributed by atoms with Gasteiger partial charge in [0, 0.05) is 20.7 Å². The number of aryl methyl sites for hydroxylation is 1. The van der Waals surface area contributed by atoms with Crippen molar-refractivity contribution in [3.05, 3.63) is 79.7 Å².